The number of aliphatic carboxylic acids is 1. The Balaban J connectivity index is 1.65. The van der Waals surface area contributed by atoms with Gasteiger partial charge in [-0.25, -0.2) is 4.79 Å². The zero-order valence-corrected chi connectivity index (χ0v) is 22.1. The van der Waals surface area contributed by atoms with Crippen LogP contribution in [0.4, 0.5) is 4.79 Å². The van der Waals surface area contributed by atoms with Crippen molar-refractivity contribution in [3.05, 3.63) is 46.1 Å². The molecule has 34 heavy (non-hydrogen) atoms. The molecule has 5 nitrogen and oxygen atoms in total. The van der Waals surface area contributed by atoms with Crippen LogP contribution in [0.5, 0.6) is 0 Å². The minimum atomic E-state index is -0.734. The molecule has 0 unspecified atom stereocenters. The Hall–Kier alpha value is -2.01. The number of hydrogen-bond donors (Lipinski definition) is 2. The number of hydrogen-bond acceptors (Lipinski definition) is 2. The van der Waals surface area contributed by atoms with Gasteiger partial charge in [-0.3, -0.25) is 9.69 Å². The third kappa shape index (κ3) is 4.86. The number of carboxylic acids is 1. The molecule has 2 N–H and O–H groups in total. The van der Waals surface area contributed by atoms with Crippen LogP contribution in [0.15, 0.2) is 30.0 Å². The number of carboxylic acid groups (broad SMARTS) is 1. The minimum absolute atomic E-state index is 0.0891. The van der Waals surface area contributed by atoms with Gasteiger partial charge < -0.3 is 10.4 Å². The zero-order valence-electron chi connectivity index (χ0n) is 21.4. The second-order valence-corrected chi connectivity index (χ2v) is 13.3. The van der Waals surface area contributed by atoms with Gasteiger partial charge in [0.1, 0.15) is 0 Å². The van der Waals surface area contributed by atoms with E-state index in [2.05, 4.69) is 52.1 Å². The fraction of sp³-hybridized carbons (Fsp3) is 0.643. The first kappa shape index (κ1) is 25.1. The van der Waals surface area contributed by atoms with Crippen molar-refractivity contribution in [2.24, 2.45) is 22.7 Å². The molecule has 0 aromatic heterocycles. The Labute approximate surface area is 208 Å². The van der Waals surface area contributed by atoms with Crippen LogP contribution in [0.25, 0.3) is 0 Å². The average Bonchev–Trinajstić information content (AvgIpc) is 2.64. The number of nitrogens with zero attached hydrogens (tertiary/aromatic N) is 1. The van der Waals surface area contributed by atoms with E-state index in [0.29, 0.717) is 12.8 Å². The molecule has 0 bridgehead atoms. The largest absolute Gasteiger partial charge is 0.481 e. The normalized spacial score (nSPS) is 29.1. The summed E-state index contributed by atoms with van der Waals surface area (Å²) in [5.74, 6) is -0.920. The van der Waals surface area contributed by atoms with E-state index in [-0.39, 0.29) is 34.7 Å². The summed E-state index contributed by atoms with van der Waals surface area (Å²) in [6, 6.07) is 6.25. The smallest absolute Gasteiger partial charge is 0.322 e. The number of carbonyl (C=O) groups is 2. The molecule has 0 spiro atoms. The maximum absolute atomic E-state index is 13.3. The summed E-state index contributed by atoms with van der Waals surface area (Å²) in [5.41, 5.74) is 2.92. The predicted molar refractivity (Wildman–Crippen MR) is 136 cm³/mol. The Kier molecular flexibility index (Phi) is 6.33. The zero-order chi connectivity index (χ0) is 25.1. The van der Waals surface area contributed by atoms with E-state index >= 15 is 0 Å². The van der Waals surface area contributed by atoms with Gasteiger partial charge in [-0.05, 0) is 85.0 Å². The van der Waals surface area contributed by atoms with E-state index < -0.39 is 11.5 Å². The summed E-state index contributed by atoms with van der Waals surface area (Å²) < 4.78 is 0. The van der Waals surface area contributed by atoms with Crippen molar-refractivity contribution in [1.29, 1.82) is 0 Å². The summed E-state index contributed by atoms with van der Waals surface area (Å²) in [6.07, 6.45) is 7.12. The van der Waals surface area contributed by atoms with Gasteiger partial charge in [0.25, 0.3) is 0 Å². The van der Waals surface area contributed by atoms with Crippen molar-refractivity contribution >= 4 is 23.6 Å². The molecule has 3 aliphatic rings. The lowest BCUT2D eigenvalue weighted by atomic mass is 9.64. The van der Waals surface area contributed by atoms with Crippen molar-refractivity contribution in [3.63, 3.8) is 0 Å². The van der Waals surface area contributed by atoms with Gasteiger partial charge in [0.2, 0.25) is 0 Å². The highest BCUT2D eigenvalue weighted by Crippen LogP contribution is 2.50. The van der Waals surface area contributed by atoms with Crippen LogP contribution >= 0.6 is 11.6 Å². The van der Waals surface area contributed by atoms with Gasteiger partial charge in [0.15, 0.2) is 0 Å². The molecule has 1 atom stereocenters. The van der Waals surface area contributed by atoms with Crippen LogP contribution in [0.2, 0.25) is 5.02 Å². The fourth-order valence-corrected chi connectivity index (χ4v) is 6.04. The predicted octanol–water partition coefficient (Wildman–Crippen LogP) is 6.74. The first-order chi connectivity index (χ1) is 15.7. The lowest BCUT2D eigenvalue weighted by Gasteiger charge is -2.52. The molecule has 2 aliphatic carbocycles. The molecule has 1 aliphatic heterocycles. The van der Waals surface area contributed by atoms with Gasteiger partial charge in [-0.15, -0.1) is 0 Å². The van der Waals surface area contributed by atoms with Crippen molar-refractivity contribution in [2.75, 3.05) is 0 Å². The van der Waals surface area contributed by atoms with Crippen molar-refractivity contribution in [2.45, 2.75) is 91.6 Å². The molecule has 2 saturated carbocycles. The van der Waals surface area contributed by atoms with Crippen LogP contribution in [-0.4, -0.2) is 28.0 Å². The highest BCUT2D eigenvalue weighted by Gasteiger charge is 2.50. The van der Waals surface area contributed by atoms with Crippen LogP contribution in [0.3, 0.4) is 0 Å². The first-order valence-corrected chi connectivity index (χ1v) is 12.9. The molecule has 2 fully saturated rings. The van der Waals surface area contributed by atoms with Crippen molar-refractivity contribution < 1.29 is 14.7 Å². The topological polar surface area (TPSA) is 69.6 Å². The average molecular weight is 487 g/mol. The number of benzene rings is 1. The van der Waals surface area contributed by atoms with Crippen LogP contribution in [0.1, 0.15) is 84.8 Å². The number of urea groups is 1. The summed E-state index contributed by atoms with van der Waals surface area (Å²) in [7, 11) is 0. The number of rotatable bonds is 6. The standard InChI is InChI=1S/C28H39ClN2O3/c1-26(2,3)10-9-17-7-8-20(13-23(17)29)28(6)22(18-11-19(12-18)24(32)33)16-31(25(34)30-28)21-14-27(4,5)15-21/h7-8,13,16,18-19,21H,9-12,14-15H2,1-6H3,(H,30,34)(H,32,33)/t18-,19+,28-/m0/s1. The third-order valence-electron chi connectivity index (χ3n) is 8.12. The number of halogens is 1. The summed E-state index contributed by atoms with van der Waals surface area (Å²) >= 11 is 6.74. The first-order valence-electron chi connectivity index (χ1n) is 12.5. The molecule has 1 aromatic carbocycles. The van der Waals surface area contributed by atoms with Crippen LogP contribution < -0.4 is 5.32 Å². The quantitative estimate of drug-likeness (QED) is 0.467. The third-order valence-corrected chi connectivity index (χ3v) is 8.47. The number of carbonyl (C=O) groups excluding carboxylic acids is 1. The molecule has 1 heterocycles. The minimum Gasteiger partial charge on any atom is -0.481 e. The molecule has 4 rings (SSSR count). The van der Waals surface area contributed by atoms with Gasteiger partial charge >= 0.3 is 12.0 Å². The summed E-state index contributed by atoms with van der Waals surface area (Å²) in [6.45, 7) is 13.2. The fourth-order valence-electron chi connectivity index (χ4n) is 5.77. The van der Waals surface area contributed by atoms with Crippen LogP contribution in [-0.2, 0) is 16.8 Å². The van der Waals surface area contributed by atoms with E-state index in [1.54, 1.807) is 0 Å². The number of aryl methyl sites for hydroxylation is 1. The van der Waals surface area contributed by atoms with Gasteiger partial charge in [-0.2, -0.15) is 0 Å². The highest BCUT2D eigenvalue weighted by molar-refractivity contribution is 6.31. The lowest BCUT2D eigenvalue weighted by molar-refractivity contribution is -0.145. The SMILES string of the molecule is CC(C)(C)CCc1ccc([C@]2(C)NC(=O)N(C3CC(C)(C)C3)C=C2[C@H]2C[C@@H](C(=O)O)C2)cc1Cl. The summed E-state index contributed by atoms with van der Waals surface area (Å²) in [4.78, 5) is 26.6. The van der Waals surface area contributed by atoms with E-state index in [1.807, 2.05) is 24.1 Å². The van der Waals surface area contributed by atoms with Gasteiger partial charge in [-0.1, -0.05) is 58.4 Å². The number of nitrogens with one attached hydrogen (secondary N) is 1. The van der Waals surface area contributed by atoms with E-state index in [1.165, 1.54) is 0 Å². The maximum Gasteiger partial charge on any atom is 0.322 e. The molecule has 1 aromatic rings. The van der Waals surface area contributed by atoms with E-state index in [4.69, 9.17) is 11.6 Å². The summed E-state index contributed by atoms with van der Waals surface area (Å²) in [5, 5.41) is 13.5. The molecule has 6 heteroatoms. The second kappa shape index (κ2) is 8.58. The second-order valence-electron chi connectivity index (χ2n) is 12.8. The molecular formula is C28H39ClN2O3. The van der Waals surface area contributed by atoms with Crippen molar-refractivity contribution in [1.82, 2.24) is 10.2 Å². The molecule has 2 amide bonds. The Morgan fingerprint density at radius 1 is 1.21 bits per heavy atom. The Morgan fingerprint density at radius 2 is 1.85 bits per heavy atom. The monoisotopic (exact) mass is 486 g/mol. The molecule has 0 saturated heterocycles. The maximum atomic E-state index is 13.3. The van der Waals surface area contributed by atoms with Gasteiger partial charge in [0, 0.05) is 17.3 Å². The highest BCUT2D eigenvalue weighted by atomic mass is 35.5. The van der Waals surface area contributed by atoms with Gasteiger partial charge in [0.05, 0.1) is 11.5 Å². The Morgan fingerprint density at radius 3 is 2.38 bits per heavy atom. The van der Waals surface area contributed by atoms with E-state index in [9.17, 15) is 14.7 Å². The Bertz CT molecular complexity index is 1010. The van der Waals surface area contributed by atoms with Crippen LogP contribution in [0, 0.1) is 22.7 Å². The lowest BCUT2D eigenvalue weighted by Crippen LogP contribution is -2.60. The number of amides is 2. The van der Waals surface area contributed by atoms with Crippen molar-refractivity contribution in [3.8, 4) is 0 Å². The molecule has 0 radical (unpaired) electrons. The molecule has 186 valence electrons. The van der Waals surface area contributed by atoms with E-state index in [0.717, 1.165) is 47.4 Å². The molecular weight excluding hydrogens is 448 g/mol.